The molecular formula is C21H15FN4O. The van der Waals surface area contributed by atoms with Crippen LogP contribution in [-0.4, -0.2) is 19.5 Å². The van der Waals surface area contributed by atoms with Gasteiger partial charge in [-0.15, -0.1) is 0 Å². The summed E-state index contributed by atoms with van der Waals surface area (Å²) in [5, 5.41) is 19.0. The Bertz CT molecular complexity index is 1190. The summed E-state index contributed by atoms with van der Waals surface area (Å²) in [6.07, 6.45) is 2.75. The number of benzene rings is 2. The Labute approximate surface area is 155 Å². The lowest BCUT2D eigenvalue weighted by Gasteiger charge is -2.09. The molecule has 0 aliphatic carbocycles. The molecule has 6 heteroatoms. The van der Waals surface area contributed by atoms with Crippen molar-refractivity contribution in [1.82, 2.24) is 14.4 Å². The third-order valence-electron chi connectivity index (χ3n) is 4.43. The van der Waals surface area contributed by atoms with Crippen molar-refractivity contribution in [2.75, 3.05) is 0 Å². The number of hydrogen-bond acceptors (Lipinski definition) is 4. The predicted octanol–water partition coefficient (Wildman–Crippen LogP) is 4.13. The van der Waals surface area contributed by atoms with Gasteiger partial charge in [0.15, 0.2) is 0 Å². The number of aromatic nitrogens is 3. The highest BCUT2D eigenvalue weighted by Crippen LogP contribution is 2.31. The number of aliphatic hydroxyl groups excluding tert-OH is 1. The molecule has 0 spiro atoms. The highest BCUT2D eigenvalue weighted by atomic mass is 19.1. The largest absolute Gasteiger partial charge is 0.387 e. The number of imidazole rings is 1. The summed E-state index contributed by atoms with van der Waals surface area (Å²) in [6.45, 7) is 1.64. The van der Waals surface area contributed by atoms with E-state index in [2.05, 4.69) is 16.0 Å². The summed E-state index contributed by atoms with van der Waals surface area (Å²) >= 11 is 0. The van der Waals surface area contributed by atoms with E-state index in [1.165, 1.54) is 6.07 Å². The van der Waals surface area contributed by atoms with Gasteiger partial charge in [-0.2, -0.15) is 5.26 Å². The fraction of sp³-hybridized carbons (Fsp3) is 0.0952. The number of aliphatic hydroxyl groups is 1. The summed E-state index contributed by atoms with van der Waals surface area (Å²) < 4.78 is 16.3. The van der Waals surface area contributed by atoms with Crippen molar-refractivity contribution in [2.24, 2.45) is 0 Å². The van der Waals surface area contributed by atoms with Gasteiger partial charge in [0.05, 0.1) is 35.3 Å². The first-order valence-electron chi connectivity index (χ1n) is 8.40. The number of hydrogen-bond donors (Lipinski definition) is 1. The number of halogens is 1. The van der Waals surface area contributed by atoms with E-state index in [9.17, 15) is 14.8 Å². The van der Waals surface area contributed by atoms with Gasteiger partial charge in [-0.25, -0.2) is 14.4 Å². The Morgan fingerprint density at radius 1 is 1.15 bits per heavy atom. The summed E-state index contributed by atoms with van der Waals surface area (Å²) in [7, 11) is 0. The van der Waals surface area contributed by atoms with Crippen LogP contribution in [-0.2, 0) is 0 Å². The summed E-state index contributed by atoms with van der Waals surface area (Å²) in [4.78, 5) is 8.62. The first kappa shape index (κ1) is 16.9. The van der Waals surface area contributed by atoms with E-state index < -0.39 is 11.9 Å². The lowest BCUT2D eigenvalue weighted by atomic mass is 9.97. The fourth-order valence-electron chi connectivity index (χ4n) is 3.04. The zero-order valence-corrected chi connectivity index (χ0v) is 14.5. The van der Waals surface area contributed by atoms with Crippen molar-refractivity contribution in [3.8, 4) is 28.5 Å². The highest BCUT2D eigenvalue weighted by Gasteiger charge is 2.14. The monoisotopic (exact) mass is 358 g/mol. The second kappa shape index (κ2) is 6.63. The molecule has 4 rings (SSSR count). The molecule has 0 fully saturated rings. The van der Waals surface area contributed by atoms with Crippen molar-refractivity contribution in [1.29, 1.82) is 5.26 Å². The molecule has 27 heavy (non-hydrogen) atoms. The van der Waals surface area contributed by atoms with E-state index in [4.69, 9.17) is 0 Å². The molecule has 1 N–H and O–H groups in total. The van der Waals surface area contributed by atoms with Crippen LogP contribution in [0, 0.1) is 17.1 Å². The molecule has 0 aliphatic heterocycles. The number of fused-ring (bicyclic) bond motifs is 1. The minimum atomic E-state index is -0.685. The second-order valence-electron chi connectivity index (χ2n) is 6.19. The normalized spacial score (nSPS) is 12.1. The maximum atomic E-state index is 14.5. The Hall–Kier alpha value is -3.56. The summed E-state index contributed by atoms with van der Waals surface area (Å²) in [5.74, 6) is 0.0523. The molecule has 0 saturated carbocycles. The van der Waals surface area contributed by atoms with Gasteiger partial charge < -0.3 is 5.11 Å². The van der Waals surface area contributed by atoms with Gasteiger partial charge in [0, 0.05) is 22.9 Å². The summed E-state index contributed by atoms with van der Waals surface area (Å²) in [6, 6.07) is 15.5. The van der Waals surface area contributed by atoms with Crippen molar-refractivity contribution in [2.45, 2.75) is 13.0 Å². The Balaban J connectivity index is 1.87. The van der Waals surface area contributed by atoms with Crippen molar-refractivity contribution in [3.05, 3.63) is 78.0 Å². The summed E-state index contributed by atoms with van der Waals surface area (Å²) in [5.41, 5.74) is 3.33. The molecule has 2 heterocycles. The van der Waals surface area contributed by atoms with Crippen LogP contribution >= 0.6 is 0 Å². The minimum absolute atomic E-state index is 0.355. The van der Waals surface area contributed by atoms with Crippen molar-refractivity contribution < 1.29 is 9.50 Å². The van der Waals surface area contributed by atoms with Crippen molar-refractivity contribution >= 4 is 5.78 Å². The fourth-order valence-corrected chi connectivity index (χ4v) is 3.04. The number of nitriles is 1. The molecule has 5 nitrogen and oxygen atoms in total. The molecule has 1 atom stereocenters. The molecule has 1 unspecified atom stereocenters. The van der Waals surface area contributed by atoms with Crippen LogP contribution in [0.15, 0.2) is 60.9 Å². The maximum Gasteiger partial charge on any atom is 0.234 e. The van der Waals surface area contributed by atoms with E-state index in [-0.39, 0.29) is 0 Å². The number of nitrogens with zero attached hydrogens (tertiary/aromatic N) is 4. The van der Waals surface area contributed by atoms with Gasteiger partial charge in [-0.3, -0.25) is 4.40 Å². The molecular weight excluding hydrogens is 343 g/mol. The van der Waals surface area contributed by atoms with E-state index in [1.54, 1.807) is 66.2 Å². The standard InChI is InChI=1S/C21H15FN4O/c1-13(27)19-8-9-26-20(12-24-21(26)25-19)14-6-7-18(22)17(10-14)16-5-3-2-4-15(16)11-23/h2-10,12-13,27H,1H3. The van der Waals surface area contributed by atoms with Gasteiger partial charge in [0.25, 0.3) is 0 Å². The molecule has 0 bridgehead atoms. The molecule has 0 radical (unpaired) electrons. The van der Waals surface area contributed by atoms with Gasteiger partial charge >= 0.3 is 0 Å². The van der Waals surface area contributed by atoms with E-state index in [1.807, 2.05) is 0 Å². The van der Waals surface area contributed by atoms with E-state index in [0.717, 1.165) is 11.3 Å². The van der Waals surface area contributed by atoms with Gasteiger partial charge in [-0.1, -0.05) is 18.2 Å². The van der Waals surface area contributed by atoms with E-state index >= 15 is 0 Å². The van der Waals surface area contributed by atoms with Crippen LogP contribution in [0.2, 0.25) is 0 Å². The topological polar surface area (TPSA) is 74.2 Å². The van der Waals surface area contributed by atoms with Crippen LogP contribution < -0.4 is 0 Å². The minimum Gasteiger partial charge on any atom is -0.387 e. The Morgan fingerprint density at radius 2 is 1.96 bits per heavy atom. The SMILES string of the molecule is CC(O)c1ccn2c(-c3ccc(F)c(-c4ccccc4C#N)c3)cnc2n1. The molecule has 0 aliphatic rings. The van der Waals surface area contributed by atoms with Crippen LogP contribution in [0.3, 0.4) is 0 Å². The van der Waals surface area contributed by atoms with Gasteiger partial charge in [-0.05, 0) is 37.3 Å². The molecule has 2 aromatic carbocycles. The van der Waals surface area contributed by atoms with Crippen LogP contribution in [0.25, 0.3) is 28.2 Å². The van der Waals surface area contributed by atoms with Gasteiger partial charge in [0.1, 0.15) is 5.82 Å². The van der Waals surface area contributed by atoms with Crippen molar-refractivity contribution in [3.63, 3.8) is 0 Å². The first-order valence-corrected chi connectivity index (χ1v) is 8.40. The third kappa shape index (κ3) is 2.94. The Kier molecular flexibility index (Phi) is 4.15. The second-order valence-corrected chi connectivity index (χ2v) is 6.19. The molecule has 0 saturated heterocycles. The predicted molar refractivity (Wildman–Crippen MR) is 99.2 cm³/mol. The molecule has 0 amide bonds. The smallest absolute Gasteiger partial charge is 0.234 e. The maximum absolute atomic E-state index is 14.5. The zero-order valence-electron chi connectivity index (χ0n) is 14.5. The van der Waals surface area contributed by atoms with Crippen LogP contribution in [0.5, 0.6) is 0 Å². The zero-order chi connectivity index (χ0) is 19.0. The van der Waals surface area contributed by atoms with Crippen LogP contribution in [0.1, 0.15) is 24.3 Å². The third-order valence-corrected chi connectivity index (χ3v) is 4.43. The number of rotatable bonds is 3. The average molecular weight is 358 g/mol. The molecule has 132 valence electrons. The van der Waals surface area contributed by atoms with E-state index in [0.29, 0.717) is 28.2 Å². The lowest BCUT2D eigenvalue weighted by Crippen LogP contribution is -1.99. The molecule has 4 aromatic rings. The molecule has 2 aromatic heterocycles. The quantitative estimate of drug-likeness (QED) is 0.598. The van der Waals surface area contributed by atoms with Gasteiger partial charge in [0.2, 0.25) is 5.78 Å². The average Bonchev–Trinajstić information content (AvgIpc) is 3.11. The lowest BCUT2D eigenvalue weighted by molar-refractivity contribution is 0.194. The highest BCUT2D eigenvalue weighted by molar-refractivity contribution is 5.76. The Morgan fingerprint density at radius 3 is 2.74 bits per heavy atom. The van der Waals surface area contributed by atoms with Crippen LogP contribution in [0.4, 0.5) is 4.39 Å². The first-order chi connectivity index (χ1) is 13.1.